The number of aromatic nitrogens is 2. The van der Waals surface area contributed by atoms with Crippen LogP contribution < -0.4 is 17.0 Å². The molecule has 5 N–H and O–H groups in total. The number of rotatable bonds is 4. The third-order valence-corrected chi connectivity index (χ3v) is 2.10. The Labute approximate surface area is 88.3 Å². The van der Waals surface area contributed by atoms with Crippen LogP contribution in [0.4, 0.5) is 11.8 Å². The zero-order chi connectivity index (χ0) is 11.4. The Morgan fingerprint density at radius 1 is 1.40 bits per heavy atom. The van der Waals surface area contributed by atoms with E-state index in [1.807, 2.05) is 14.1 Å². The fourth-order valence-electron chi connectivity index (χ4n) is 1.35. The van der Waals surface area contributed by atoms with Gasteiger partial charge in [-0.3, -0.25) is 9.78 Å². The average Bonchev–Trinajstić information content (AvgIpc) is 2.08. The van der Waals surface area contributed by atoms with Crippen molar-refractivity contribution in [3.63, 3.8) is 0 Å². The Morgan fingerprint density at radius 3 is 2.60 bits per heavy atom. The minimum absolute atomic E-state index is 0.0638. The lowest BCUT2D eigenvalue weighted by Gasteiger charge is -2.09. The number of hydrogen-bond donors (Lipinski definition) is 3. The van der Waals surface area contributed by atoms with Gasteiger partial charge in [0.1, 0.15) is 5.82 Å². The lowest BCUT2D eigenvalue weighted by Crippen LogP contribution is -2.21. The van der Waals surface area contributed by atoms with Crippen molar-refractivity contribution in [3.05, 3.63) is 15.9 Å². The van der Waals surface area contributed by atoms with Crippen molar-refractivity contribution in [1.29, 1.82) is 0 Å². The third-order valence-electron chi connectivity index (χ3n) is 2.10. The van der Waals surface area contributed by atoms with Gasteiger partial charge in [0.2, 0.25) is 5.95 Å². The van der Waals surface area contributed by atoms with Gasteiger partial charge in [0.05, 0.1) is 5.56 Å². The summed E-state index contributed by atoms with van der Waals surface area (Å²) in [6.07, 6.45) is 1.48. The first-order valence-corrected chi connectivity index (χ1v) is 4.79. The van der Waals surface area contributed by atoms with Gasteiger partial charge in [0, 0.05) is 0 Å². The third kappa shape index (κ3) is 3.25. The highest BCUT2D eigenvalue weighted by Gasteiger charge is 2.07. The summed E-state index contributed by atoms with van der Waals surface area (Å²) >= 11 is 0. The van der Waals surface area contributed by atoms with E-state index in [9.17, 15) is 4.79 Å². The number of nitrogens with two attached hydrogens (primary N) is 2. The van der Waals surface area contributed by atoms with Crippen LogP contribution >= 0.6 is 0 Å². The number of nitrogens with zero attached hydrogens (tertiary/aromatic N) is 2. The molecule has 1 rings (SSSR count). The van der Waals surface area contributed by atoms with Crippen molar-refractivity contribution in [1.82, 2.24) is 14.9 Å². The van der Waals surface area contributed by atoms with Gasteiger partial charge in [-0.1, -0.05) is 0 Å². The molecule has 0 spiro atoms. The maximum Gasteiger partial charge on any atom is 0.257 e. The van der Waals surface area contributed by atoms with Crippen LogP contribution in [-0.4, -0.2) is 35.5 Å². The summed E-state index contributed by atoms with van der Waals surface area (Å²) in [5.41, 5.74) is 11.2. The highest BCUT2D eigenvalue weighted by atomic mass is 16.1. The molecular weight excluding hydrogens is 194 g/mol. The number of hydrogen-bond acceptors (Lipinski definition) is 5. The molecule has 0 aliphatic rings. The molecular formula is C9H17N5O. The van der Waals surface area contributed by atoms with Crippen molar-refractivity contribution in [3.8, 4) is 0 Å². The van der Waals surface area contributed by atoms with Crippen molar-refractivity contribution < 1.29 is 0 Å². The van der Waals surface area contributed by atoms with Crippen molar-refractivity contribution in [2.75, 3.05) is 32.1 Å². The van der Waals surface area contributed by atoms with Crippen molar-refractivity contribution in [2.24, 2.45) is 0 Å². The maximum absolute atomic E-state index is 11.5. The van der Waals surface area contributed by atoms with Gasteiger partial charge in [-0.05, 0) is 33.5 Å². The largest absolute Gasteiger partial charge is 0.383 e. The lowest BCUT2D eigenvalue weighted by molar-refractivity contribution is 0.400. The summed E-state index contributed by atoms with van der Waals surface area (Å²) < 4.78 is 0. The first kappa shape index (κ1) is 11.5. The molecule has 0 aromatic carbocycles. The Morgan fingerprint density at radius 2 is 2.07 bits per heavy atom. The number of H-pyrrole nitrogens is 1. The smallest absolute Gasteiger partial charge is 0.257 e. The SMILES string of the molecule is CN(C)CCCc1c(N)nc(N)[nH]c1=O. The van der Waals surface area contributed by atoms with E-state index in [-0.39, 0.29) is 17.3 Å². The Kier molecular flexibility index (Phi) is 3.68. The molecule has 0 saturated carbocycles. The zero-order valence-electron chi connectivity index (χ0n) is 9.08. The normalized spacial score (nSPS) is 10.9. The molecule has 0 amide bonds. The molecule has 0 aliphatic carbocycles. The highest BCUT2D eigenvalue weighted by Crippen LogP contribution is 2.06. The topological polar surface area (TPSA) is 101 Å². The van der Waals surface area contributed by atoms with Gasteiger partial charge in [-0.25, -0.2) is 0 Å². The van der Waals surface area contributed by atoms with Gasteiger partial charge < -0.3 is 16.4 Å². The minimum atomic E-state index is -0.237. The van der Waals surface area contributed by atoms with Crippen LogP contribution in [-0.2, 0) is 6.42 Å². The summed E-state index contributed by atoms with van der Waals surface area (Å²) in [5.74, 6) is 0.295. The maximum atomic E-state index is 11.5. The zero-order valence-corrected chi connectivity index (χ0v) is 9.08. The molecule has 0 fully saturated rings. The van der Waals surface area contributed by atoms with Crippen molar-refractivity contribution >= 4 is 11.8 Å². The summed E-state index contributed by atoms with van der Waals surface area (Å²) in [6.45, 7) is 0.906. The van der Waals surface area contributed by atoms with Gasteiger partial charge in [-0.15, -0.1) is 0 Å². The van der Waals surface area contributed by atoms with E-state index in [0.717, 1.165) is 13.0 Å². The second-order valence-corrected chi connectivity index (χ2v) is 3.72. The van der Waals surface area contributed by atoms with E-state index in [1.54, 1.807) is 0 Å². The predicted molar refractivity (Wildman–Crippen MR) is 60.6 cm³/mol. The quantitative estimate of drug-likeness (QED) is 0.619. The summed E-state index contributed by atoms with van der Waals surface area (Å²) in [4.78, 5) is 19.8. The summed E-state index contributed by atoms with van der Waals surface area (Å²) in [5, 5.41) is 0. The molecule has 6 heteroatoms. The Balaban J connectivity index is 2.73. The average molecular weight is 211 g/mol. The number of nitrogens with one attached hydrogen (secondary N) is 1. The van der Waals surface area contributed by atoms with Crippen LogP contribution in [0.1, 0.15) is 12.0 Å². The molecule has 0 unspecified atom stereocenters. The van der Waals surface area contributed by atoms with E-state index < -0.39 is 0 Å². The monoisotopic (exact) mass is 211 g/mol. The molecule has 84 valence electrons. The van der Waals surface area contributed by atoms with Gasteiger partial charge >= 0.3 is 0 Å². The molecule has 6 nitrogen and oxygen atoms in total. The van der Waals surface area contributed by atoms with E-state index in [4.69, 9.17) is 11.5 Å². The molecule has 0 atom stereocenters. The van der Waals surface area contributed by atoms with Crippen LogP contribution in [0.15, 0.2) is 4.79 Å². The molecule has 15 heavy (non-hydrogen) atoms. The number of nitrogen functional groups attached to an aromatic ring is 2. The van der Waals surface area contributed by atoms with E-state index in [0.29, 0.717) is 12.0 Å². The minimum Gasteiger partial charge on any atom is -0.383 e. The standard InChI is InChI=1S/C9H17N5O/c1-14(2)5-3-4-6-7(10)12-9(11)13-8(6)15/h3-5H2,1-2H3,(H5,10,11,12,13,15). The summed E-state index contributed by atoms with van der Waals surface area (Å²) in [7, 11) is 3.96. The fraction of sp³-hybridized carbons (Fsp3) is 0.556. The second-order valence-electron chi connectivity index (χ2n) is 3.72. The molecule has 0 saturated heterocycles. The molecule has 0 bridgehead atoms. The van der Waals surface area contributed by atoms with E-state index in [1.165, 1.54) is 0 Å². The highest BCUT2D eigenvalue weighted by molar-refractivity contribution is 5.41. The first-order chi connectivity index (χ1) is 7.00. The fourth-order valence-corrected chi connectivity index (χ4v) is 1.35. The van der Waals surface area contributed by atoms with Crippen LogP contribution in [0, 0.1) is 0 Å². The lowest BCUT2D eigenvalue weighted by atomic mass is 10.1. The predicted octanol–water partition coefficient (Wildman–Crippen LogP) is -0.571. The molecule has 1 heterocycles. The van der Waals surface area contributed by atoms with Gasteiger partial charge in [0.15, 0.2) is 0 Å². The van der Waals surface area contributed by atoms with Crippen LogP contribution in [0.25, 0.3) is 0 Å². The molecule has 1 aromatic rings. The summed E-state index contributed by atoms with van der Waals surface area (Å²) in [6, 6.07) is 0. The van der Waals surface area contributed by atoms with Gasteiger partial charge in [-0.2, -0.15) is 4.98 Å². The number of aromatic amines is 1. The van der Waals surface area contributed by atoms with E-state index >= 15 is 0 Å². The Bertz CT molecular complexity index is 385. The Hall–Kier alpha value is -1.56. The van der Waals surface area contributed by atoms with Gasteiger partial charge in [0.25, 0.3) is 5.56 Å². The van der Waals surface area contributed by atoms with E-state index in [2.05, 4.69) is 14.9 Å². The molecule has 0 aliphatic heterocycles. The van der Waals surface area contributed by atoms with Crippen LogP contribution in [0.3, 0.4) is 0 Å². The number of anilines is 2. The van der Waals surface area contributed by atoms with Crippen molar-refractivity contribution in [2.45, 2.75) is 12.8 Å². The van der Waals surface area contributed by atoms with Crippen LogP contribution in [0.2, 0.25) is 0 Å². The second kappa shape index (κ2) is 4.79. The first-order valence-electron chi connectivity index (χ1n) is 4.79. The van der Waals surface area contributed by atoms with Crippen LogP contribution in [0.5, 0.6) is 0 Å². The molecule has 1 aromatic heterocycles. The molecule has 0 radical (unpaired) electrons.